The summed E-state index contributed by atoms with van der Waals surface area (Å²) in [5, 5.41) is 10.1. The predicted octanol–water partition coefficient (Wildman–Crippen LogP) is 4.85. The van der Waals surface area contributed by atoms with Gasteiger partial charge in [-0.3, -0.25) is 10.3 Å². The number of hydrogen-bond donors (Lipinski definition) is 4. The molecule has 0 saturated heterocycles. The van der Waals surface area contributed by atoms with E-state index in [4.69, 9.17) is 10.5 Å². The van der Waals surface area contributed by atoms with Gasteiger partial charge in [-0.1, -0.05) is 18.6 Å². The largest absolute Gasteiger partial charge is 0.449 e. The number of ether oxygens (including phenoxy) is 1. The maximum atomic E-state index is 12.4. The summed E-state index contributed by atoms with van der Waals surface area (Å²) in [5.41, 5.74) is 8.69. The Hall–Kier alpha value is -3.43. The van der Waals surface area contributed by atoms with Gasteiger partial charge >= 0.3 is 12.1 Å². The zero-order valence-corrected chi connectivity index (χ0v) is 21.9. The Bertz CT molecular complexity index is 1190. The summed E-state index contributed by atoms with van der Waals surface area (Å²) in [4.78, 5) is 33.0. The average Bonchev–Trinajstić information content (AvgIpc) is 2.91. The van der Waals surface area contributed by atoms with Crippen LogP contribution < -0.4 is 21.7 Å². The molecule has 1 fully saturated rings. The lowest BCUT2D eigenvalue weighted by atomic mass is 9.82. The standard InChI is InChI=1S/C27H34N6O3.ClH/c1-2-30-26(34)33-25-13-23-22(20-8-10-29-11-9-20)7-6-21(24(23)16-31-25)15-32-27(35)36-17-19-5-3-4-18(12-19)14-28;/h6-11,13,16,18-19H,2-5,12,14-15,17,28H2,1H3,(H,32,35)(H2,30,31,33,34);1H. The van der Waals surface area contributed by atoms with Crippen LogP contribution in [0.2, 0.25) is 0 Å². The summed E-state index contributed by atoms with van der Waals surface area (Å²) in [6, 6.07) is 9.38. The molecule has 1 aromatic carbocycles. The Morgan fingerprint density at radius 2 is 1.86 bits per heavy atom. The number of fused-ring (bicyclic) bond motifs is 1. The summed E-state index contributed by atoms with van der Waals surface area (Å²) in [7, 11) is 0. The van der Waals surface area contributed by atoms with Crippen LogP contribution in [0, 0.1) is 11.8 Å². The molecule has 0 aliphatic heterocycles. The number of anilines is 1. The Morgan fingerprint density at radius 3 is 2.62 bits per heavy atom. The van der Waals surface area contributed by atoms with Crippen molar-refractivity contribution >= 4 is 41.1 Å². The molecule has 0 bridgehead atoms. The van der Waals surface area contributed by atoms with Gasteiger partial charge in [0.2, 0.25) is 0 Å². The van der Waals surface area contributed by atoms with Crippen molar-refractivity contribution < 1.29 is 14.3 Å². The summed E-state index contributed by atoms with van der Waals surface area (Å²) in [6.07, 6.45) is 9.16. The minimum Gasteiger partial charge on any atom is -0.449 e. The van der Waals surface area contributed by atoms with Crippen molar-refractivity contribution in [2.24, 2.45) is 17.6 Å². The van der Waals surface area contributed by atoms with Gasteiger partial charge in [0.1, 0.15) is 5.82 Å². The number of halogens is 1. The Labute approximate surface area is 223 Å². The van der Waals surface area contributed by atoms with Crippen molar-refractivity contribution in [2.75, 3.05) is 25.0 Å². The van der Waals surface area contributed by atoms with Gasteiger partial charge in [0.05, 0.1) is 6.61 Å². The number of rotatable bonds is 8. The van der Waals surface area contributed by atoms with Crippen LogP contribution >= 0.6 is 12.4 Å². The molecule has 198 valence electrons. The van der Waals surface area contributed by atoms with E-state index in [1.54, 1.807) is 18.6 Å². The predicted molar refractivity (Wildman–Crippen MR) is 148 cm³/mol. The van der Waals surface area contributed by atoms with Gasteiger partial charge in [0.15, 0.2) is 0 Å². The first kappa shape index (κ1) is 28.1. The highest BCUT2D eigenvalue weighted by Gasteiger charge is 2.22. The molecule has 2 heterocycles. The molecular weight excluding hydrogens is 492 g/mol. The van der Waals surface area contributed by atoms with Crippen LogP contribution in [0.4, 0.5) is 15.4 Å². The van der Waals surface area contributed by atoms with Crippen molar-refractivity contribution in [3.8, 4) is 11.1 Å². The van der Waals surface area contributed by atoms with E-state index in [9.17, 15) is 9.59 Å². The number of nitrogens with zero attached hydrogens (tertiary/aromatic N) is 2. The molecule has 1 saturated carbocycles. The molecule has 1 aliphatic carbocycles. The maximum Gasteiger partial charge on any atom is 0.407 e. The zero-order valence-electron chi connectivity index (χ0n) is 21.0. The van der Waals surface area contributed by atoms with Crippen LogP contribution in [0.5, 0.6) is 0 Å². The zero-order chi connectivity index (χ0) is 25.3. The van der Waals surface area contributed by atoms with Gasteiger partial charge in [-0.2, -0.15) is 0 Å². The summed E-state index contributed by atoms with van der Waals surface area (Å²) >= 11 is 0. The van der Waals surface area contributed by atoms with E-state index in [0.717, 1.165) is 53.1 Å². The Kier molecular flexibility index (Phi) is 10.5. The number of aromatic nitrogens is 2. The van der Waals surface area contributed by atoms with Crippen LogP contribution in [-0.2, 0) is 11.3 Å². The molecule has 2 aromatic heterocycles. The molecule has 3 amide bonds. The molecular formula is C27H35ClN6O3. The van der Waals surface area contributed by atoms with Gasteiger partial charge in [-0.05, 0) is 84.8 Å². The minimum absolute atomic E-state index is 0. The second-order valence-electron chi connectivity index (χ2n) is 9.19. The number of nitrogens with two attached hydrogens (primary N) is 1. The van der Waals surface area contributed by atoms with Crippen molar-refractivity contribution in [3.63, 3.8) is 0 Å². The van der Waals surface area contributed by atoms with Crippen LogP contribution in [0.25, 0.3) is 21.9 Å². The monoisotopic (exact) mass is 526 g/mol. The molecule has 2 unspecified atom stereocenters. The number of benzene rings is 1. The number of urea groups is 1. The first-order valence-corrected chi connectivity index (χ1v) is 12.5. The summed E-state index contributed by atoms with van der Waals surface area (Å²) in [6.45, 7) is 3.78. The topological polar surface area (TPSA) is 131 Å². The average molecular weight is 527 g/mol. The SMILES string of the molecule is CCNC(=O)Nc1cc2c(-c3ccncc3)ccc(CNC(=O)OCC3CCCC(CN)C3)c2cn1.Cl. The lowest BCUT2D eigenvalue weighted by Crippen LogP contribution is -2.29. The summed E-state index contributed by atoms with van der Waals surface area (Å²) < 4.78 is 5.52. The van der Waals surface area contributed by atoms with E-state index in [2.05, 4.69) is 25.9 Å². The second-order valence-corrected chi connectivity index (χ2v) is 9.19. The number of carbonyl (C=O) groups is 2. The third-order valence-electron chi connectivity index (χ3n) is 6.66. The van der Waals surface area contributed by atoms with Crippen LogP contribution in [-0.4, -0.2) is 41.8 Å². The molecule has 0 spiro atoms. The van der Waals surface area contributed by atoms with E-state index in [-0.39, 0.29) is 18.4 Å². The normalized spacial score (nSPS) is 16.9. The third kappa shape index (κ3) is 7.53. The van der Waals surface area contributed by atoms with Crippen LogP contribution in [0.3, 0.4) is 0 Å². The number of nitrogens with one attached hydrogen (secondary N) is 3. The maximum absolute atomic E-state index is 12.4. The molecule has 9 nitrogen and oxygen atoms in total. The quantitative estimate of drug-likeness (QED) is 0.332. The molecule has 5 N–H and O–H groups in total. The number of pyridine rings is 2. The fourth-order valence-corrected chi connectivity index (χ4v) is 4.80. The molecule has 37 heavy (non-hydrogen) atoms. The molecule has 1 aliphatic rings. The van der Waals surface area contributed by atoms with E-state index in [0.29, 0.717) is 43.9 Å². The lowest BCUT2D eigenvalue weighted by molar-refractivity contribution is 0.106. The number of carbonyl (C=O) groups excluding carboxylic acids is 2. The van der Waals surface area contributed by atoms with Gasteiger partial charge < -0.3 is 21.1 Å². The second kappa shape index (κ2) is 13.8. The van der Waals surface area contributed by atoms with Crippen molar-refractivity contribution in [1.29, 1.82) is 0 Å². The number of alkyl carbamates (subject to hydrolysis) is 1. The molecule has 10 heteroatoms. The minimum atomic E-state index is -0.432. The highest BCUT2D eigenvalue weighted by atomic mass is 35.5. The number of hydrogen-bond acceptors (Lipinski definition) is 6. The van der Waals surface area contributed by atoms with Gasteiger partial charge in [0, 0.05) is 37.1 Å². The molecule has 3 aromatic rings. The Morgan fingerprint density at radius 1 is 1.08 bits per heavy atom. The van der Waals surface area contributed by atoms with Gasteiger partial charge in [0.25, 0.3) is 0 Å². The summed E-state index contributed by atoms with van der Waals surface area (Å²) in [5.74, 6) is 1.34. The smallest absolute Gasteiger partial charge is 0.407 e. The van der Waals surface area contributed by atoms with Gasteiger partial charge in [-0.25, -0.2) is 14.6 Å². The molecule has 0 radical (unpaired) electrons. The first-order valence-electron chi connectivity index (χ1n) is 12.5. The van der Waals surface area contributed by atoms with Crippen molar-refractivity contribution in [1.82, 2.24) is 20.6 Å². The van der Waals surface area contributed by atoms with Crippen LogP contribution in [0.1, 0.15) is 38.2 Å². The van der Waals surface area contributed by atoms with E-state index in [1.807, 2.05) is 37.3 Å². The van der Waals surface area contributed by atoms with E-state index >= 15 is 0 Å². The highest BCUT2D eigenvalue weighted by molar-refractivity contribution is 6.00. The van der Waals surface area contributed by atoms with E-state index in [1.165, 1.54) is 0 Å². The first-order chi connectivity index (χ1) is 17.6. The van der Waals surface area contributed by atoms with Crippen molar-refractivity contribution in [3.05, 3.63) is 54.5 Å². The molecule has 4 rings (SSSR count). The third-order valence-corrected chi connectivity index (χ3v) is 6.66. The highest BCUT2D eigenvalue weighted by Crippen LogP contribution is 2.32. The molecule has 2 atom stereocenters. The van der Waals surface area contributed by atoms with E-state index < -0.39 is 6.09 Å². The fraction of sp³-hybridized carbons (Fsp3) is 0.407. The Balaban J connectivity index is 0.00000380. The van der Waals surface area contributed by atoms with Crippen molar-refractivity contribution in [2.45, 2.75) is 39.2 Å². The number of amides is 3. The van der Waals surface area contributed by atoms with Crippen LogP contribution in [0.15, 0.2) is 48.9 Å². The van der Waals surface area contributed by atoms with Gasteiger partial charge in [-0.15, -0.1) is 12.4 Å². The fourth-order valence-electron chi connectivity index (χ4n) is 4.80. The lowest BCUT2D eigenvalue weighted by Gasteiger charge is -2.27.